The Morgan fingerprint density at radius 1 is 1.23 bits per heavy atom. The number of nitrogens with zero attached hydrogens (tertiary/aromatic N) is 1. The van der Waals surface area contributed by atoms with Crippen molar-refractivity contribution < 1.29 is 22.8 Å². The number of amides is 3. The predicted molar refractivity (Wildman–Crippen MR) is 75.6 cm³/mol. The molecule has 1 aromatic rings. The van der Waals surface area contributed by atoms with Gasteiger partial charge in [0.2, 0.25) is 11.8 Å². The van der Waals surface area contributed by atoms with Gasteiger partial charge >= 0.3 is 0 Å². The first-order chi connectivity index (χ1) is 10.3. The van der Waals surface area contributed by atoms with Gasteiger partial charge in [-0.3, -0.25) is 19.7 Å². The third-order valence-corrected chi connectivity index (χ3v) is 5.12. The fourth-order valence-electron chi connectivity index (χ4n) is 2.90. The van der Waals surface area contributed by atoms with Crippen LogP contribution in [0.3, 0.4) is 0 Å². The molecular formula is C14H14N2O5S. The largest absolute Gasteiger partial charge is 0.322 e. The van der Waals surface area contributed by atoms with Crippen molar-refractivity contribution in [1.29, 1.82) is 0 Å². The molecule has 116 valence electrons. The average Bonchev–Trinajstić information content (AvgIpc) is 2.75. The summed E-state index contributed by atoms with van der Waals surface area (Å²) in [6, 6.07) is 3.78. The molecule has 2 aliphatic heterocycles. The number of carbonyl (C=O) groups is 3. The zero-order valence-corrected chi connectivity index (χ0v) is 12.6. The van der Waals surface area contributed by atoms with Gasteiger partial charge in [0.25, 0.3) is 5.91 Å². The SMILES string of the molecule is CS(=O)(=O)c1cccc2c1CN(C1CCC(=O)NC1=O)C2=O. The second-order valence-electron chi connectivity index (χ2n) is 5.45. The van der Waals surface area contributed by atoms with E-state index in [1.54, 1.807) is 6.07 Å². The van der Waals surface area contributed by atoms with Crippen LogP contribution < -0.4 is 5.32 Å². The smallest absolute Gasteiger partial charge is 0.255 e. The summed E-state index contributed by atoms with van der Waals surface area (Å²) in [5.74, 6) is -1.25. The molecule has 0 aromatic heterocycles. The minimum Gasteiger partial charge on any atom is -0.322 e. The Morgan fingerprint density at radius 2 is 1.95 bits per heavy atom. The van der Waals surface area contributed by atoms with Gasteiger partial charge in [0.05, 0.1) is 4.90 Å². The Hall–Kier alpha value is -2.22. The number of piperidine rings is 1. The van der Waals surface area contributed by atoms with Crippen LogP contribution in [0.25, 0.3) is 0 Å². The van der Waals surface area contributed by atoms with Crippen LogP contribution >= 0.6 is 0 Å². The number of imide groups is 1. The summed E-state index contributed by atoms with van der Waals surface area (Å²) >= 11 is 0. The molecule has 0 radical (unpaired) electrons. The Morgan fingerprint density at radius 3 is 2.59 bits per heavy atom. The number of rotatable bonds is 2. The Bertz CT molecular complexity index is 799. The molecule has 22 heavy (non-hydrogen) atoms. The maximum atomic E-state index is 12.5. The molecular weight excluding hydrogens is 308 g/mol. The number of hydrogen-bond donors (Lipinski definition) is 1. The van der Waals surface area contributed by atoms with Crippen LogP contribution in [0.1, 0.15) is 28.8 Å². The molecule has 0 spiro atoms. The lowest BCUT2D eigenvalue weighted by atomic mass is 10.0. The molecule has 1 unspecified atom stereocenters. The average molecular weight is 322 g/mol. The molecule has 1 fully saturated rings. The zero-order valence-electron chi connectivity index (χ0n) is 11.8. The quantitative estimate of drug-likeness (QED) is 0.763. The van der Waals surface area contributed by atoms with E-state index in [4.69, 9.17) is 0 Å². The van der Waals surface area contributed by atoms with Crippen LogP contribution in [0.2, 0.25) is 0 Å². The van der Waals surface area contributed by atoms with Crippen LogP contribution in [0.15, 0.2) is 23.1 Å². The Kier molecular flexibility index (Phi) is 3.28. The van der Waals surface area contributed by atoms with E-state index in [0.717, 1.165) is 6.26 Å². The van der Waals surface area contributed by atoms with E-state index < -0.39 is 21.8 Å². The second kappa shape index (κ2) is 4.91. The molecule has 0 saturated carbocycles. The summed E-state index contributed by atoms with van der Waals surface area (Å²) in [6.45, 7) is 0.0592. The molecule has 1 N–H and O–H groups in total. The molecule has 1 atom stereocenters. The van der Waals surface area contributed by atoms with Crippen molar-refractivity contribution in [1.82, 2.24) is 10.2 Å². The molecule has 2 aliphatic rings. The monoisotopic (exact) mass is 322 g/mol. The van der Waals surface area contributed by atoms with Crippen LogP contribution in [0.5, 0.6) is 0 Å². The molecule has 0 bridgehead atoms. The van der Waals surface area contributed by atoms with E-state index in [1.165, 1.54) is 17.0 Å². The van der Waals surface area contributed by atoms with Crippen molar-refractivity contribution in [2.24, 2.45) is 0 Å². The number of fused-ring (bicyclic) bond motifs is 1. The molecule has 7 nitrogen and oxygen atoms in total. The van der Waals surface area contributed by atoms with E-state index in [0.29, 0.717) is 11.1 Å². The van der Waals surface area contributed by atoms with Gasteiger partial charge < -0.3 is 4.90 Å². The minimum atomic E-state index is -3.46. The van der Waals surface area contributed by atoms with Crippen molar-refractivity contribution >= 4 is 27.6 Å². The van der Waals surface area contributed by atoms with Gasteiger partial charge in [0, 0.05) is 30.3 Å². The normalized spacial score (nSPS) is 21.8. The first-order valence-corrected chi connectivity index (χ1v) is 8.65. The van der Waals surface area contributed by atoms with Crippen molar-refractivity contribution in [2.75, 3.05) is 6.26 Å². The predicted octanol–water partition coefficient (Wildman–Crippen LogP) is -0.149. The third kappa shape index (κ3) is 2.29. The highest BCUT2D eigenvalue weighted by atomic mass is 32.2. The van der Waals surface area contributed by atoms with E-state index in [9.17, 15) is 22.8 Å². The summed E-state index contributed by atoms with van der Waals surface area (Å²) in [6.07, 6.45) is 1.50. The zero-order chi connectivity index (χ0) is 16.1. The van der Waals surface area contributed by atoms with Crippen molar-refractivity contribution in [3.8, 4) is 0 Å². The number of benzene rings is 1. The Balaban J connectivity index is 1.98. The van der Waals surface area contributed by atoms with Crippen LogP contribution in [0.4, 0.5) is 0 Å². The summed E-state index contributed by atoms with van der Waals surface area (Å²) in [5.41, 5.74) is 0.715. The highest BCUT2D eigenvalue weighted by Gasteiger charge is 2.40. The summed E-state index contributed by atoms with van der Waals surface area (Å²) in [5, 5.41) is 2.21. The van der Waals surface area contributed by atoms with Gasteiger partial charge in [-0.15, -0.1) is 0 Å². The highest BCUT2D eigenvalue weighted by Crippen LogP contribution is 2.31. The molecule has 1 aromatic carbocycles. The lowest BCUT2D eigenvalue weighted by Gasteiger charge is -2.29. The van der Waals surface area contributed by atoms with E-state index in [-0.39, 0.29) is 36.1 Å². The van der Waals surface area contributed by atoms with Gasteiger partial charge in [-0.2, -0.15) is 0 Å². The highest BCUT2D eigenvalue weighted by molar-refractivity contribution is 7.90. The van der Waals surface area contributed by atoms with Gasteiger partial charge in [0.1, 0.15) is 6.04 Å². The summed E-state index contributed by atoms with van der Waals surface area (Å²) in [4.78, 5) is 37.0. The number of hydrogen-bond acceptors (Lipinski definition) is 5. The van der Waals surface area contributed by atoms with Gasteiger partial charge in [0.15, 0.2) is 9.84 Å². The number of nitrogens with one attached hydrogen (secondary N) is 1. The fraction of sp³-hybridized carbons (Fsp3) is 0.357. The van der Waals surface area contributed by atoms with Crippen LogP contribution in [-0.4, -0.2) is 43.3 Å². The minimum absolute atomic E-state index is 0.0592. The number of carbonyl (C=O) groups excluding carboxylic acids is 3. The first kappa shape index (κ1) is 14.7. The van der Waals surface area contributed by atoms with Crippen molar-refractivity contribution in [3.63, 3.8) is 0 Å². The molecule has 3 rings (SSSR count). The van der Waals surface area contributed by atoms with Gasteiger partial charge in [-0.25, -0.2) is 8.42 Å². The maximum Gasteiger partial charge on any atom is 0.255 e. The molecule has 8 heteroatoms. The standard InChI is InChI=1S/C14H14N2O5S/c1-22(20,21)11-4-2-3-8-9(11)7-16(14(8)19)10-5-6-12(17)15-13(10)18/h2-4,10H,5-7H2,1H3,(H,15,17,18). The number of sulfone groups is 1. The molecule has 2 heterocycles. The Labute approximate surface area is 127 Å². The van der Waals surface area contributed by atoms with Crippen LogP contribution in [0, 0.1) is 0 Å². The van der Waals surface area contributed by atoms with Crippen molar-refractivity contribution in [3.05, 3.63) is 29.3 Å². The van der Waals surface area contributed by atoms with E-state index >= 15 is 0 Å². The molecule has 1 saturated heterocycles. The first-order valence-electron chi connectivity index (χ1n) is 6.75. The molecule has 0 aliphatic carbocycles. The van der Waals surface area contributed by atoms with Gasteiger partial charge in [-0.1, -0.05) is 6.07 Å². The molecule has 3 amide bonds. The third-order valence-electron chi connectivity index (χ3n) is 3.94. The lowest BCUT2D eigenvalue weighted by Crippen LogP contribution is -2.52. The summed E-state index contributed by atoms with van der Waals surface area (Å²) < 4.78 is 23.7. The fourth-order valence-corrected chi connectivity index (χ4v) is 3.85. The summed E-state index contributed by atoms with van der Waals surface area (Å²) in [7, 11) is -3.46. The lowest BCUT2D eigenvalue weighted by molar-refractivity contribution is -0.136. The topological polar surface area (TPSA) is 101 Å². The van der Waals surface area contributed by atoms with E-state index in [2.05, 4.69) is 5.32 Å². The van der Waals surface area contributed by atoms with E-state index in [1.807, 2.05) is 0 Å². The maximum absolute atomic E-state index is 12.5. The second-order valence-corrected chi connectivity index (χ2v) is 7.44. The van der Waals surface area contributed by atoms with Gasteiger partial charge in [-0.05, 0) is 18.6 Å². The van der Waals surface area contributed by atoms with Crippen LogP contribution in [-0.2, 0) is 26.0 Å². The van der Waals surface area contributed by atoms with Crippen molar-refractivity contribution in [2.45, 2.75) is 30.3 Å².